The Bertz CT molecular complexity index is 1020. The Kier molecular flexibility index (Phi) is 7.25. The van der Waals surface area contributed by atoms with Gasteiger partial charge in [0.25, 0.3) is 0 Å². The van der Waals surface area contributed by atoms with E-state index in [1.807, 2.05) is 62.4 Å². The standard InChI is InChI=1S/C23H25ClN4O2/c1-16(2)15-25-22(29)11-12-23(30)26-21-14-20(17-7-4-3-5-8-17)27-28(21)19-10-6-9-18(24)13-19/h3-10,13-14,16H,11-12,15H2,1-2H3,(H,25,29)(H,26,30). The second kappa shape index (κ2) is 10.1. The molecule has 3 rings (SSSR count). The van der Waals surface area contributed by atoms with Crippen molar-refractivity contribution in [3.8, 4) is 16.9 Å². The predicted octanol–water partition coefficient (Wildman–Crippen LogP) is 4.68. The average Bonchev–Trinajstić information content (AvgIpc) is 3.15. The maximum atomic E-state index is 12.5. The van der Waals surface area contributed by atoms with Crippen molar-refractivity contribution in [3.05, 3.63) is 65.7 Å². The van der Waals surface area contributed by atoms with E-state index < -0.39 is 0 Å². The van der Waals surface area contributed by atoms with Gasteiger partial charge < -0.3 is 10.6 Å². The molecule has 0 fully saturated rings. The molecule has 2 N–H and O–H groups in total. The minimum absolute atomic E-state index is 0.0886. The lowest BCUT2D eigenvalue weighted by atomic mass is 10.1. The molecule has 0 unspecified atom stereocenters. The van der Waals surface area contributed by atoms with Crippen molar-refractivity contribution in [3.63, 3.8) is 0 Å². The number of aromatic nitrogens is 2. The van der Waals surface area contributed by atoms with E-state index in [1.54, 1.807) is 16.8 Å². The summed E-state index contributed by atoms with van der Waals surface area (Å²) in [6, 6.07) is 18.8. The van der Waals surface area contributed by atoms with Gasteiger partial charge in [-0.3, -0.25) is 9.59 Å². The van der Waals surface area contributed by atoms with E-state index >= 15 is 0 Å². The number of carbonyl (C=O) groups excluding carboxylic acids is 2. The Hall–Kier alpha value is -3.12. The third-order valence-corrected chi connectivity index (χ3v) is 4.62. The number of amides is 2. The van der Waals surface area contributed by atoms with Crippen LogP contribution in [0.5, 0.6) is 0 Å². The first-order chi connectivity index (χ1) is 14.4. The fourth-order valence-electron chi connectivity index (χ4n) is 2.86. The van der Waals surface area contributed by atoms with Gasteiger partial charge in [0.2, 0.25) is 11.8 Å². The first-order valence-electron chi connectivity index (χ1n) is 9.90. The van der Waals surface area contributed by atoms with Crippen LogP contribution in [0, 0.1) is 5.92 Å². The minimum atomic E-state index is -0.252. The third kappa shape index (κ3) is 5.94. The normalized spacial score (nSPS) is 10.8. The molecule has 156 valence electrons. The number of halogens is 1. The average molecular weight is 425 g/mol. The molecule has 7 heteroatoms. The summed E-state index contributed by atoms with van der Waals surface area (Å²) in [7, 11) is 0. The molecule has 0 saturated heterocycles. The second-order valence-corrected chi connectivity index (χ2v) is 7.86. The molecule has 0 aliphatic carbocycles. The van der Waals surface area contributed by atoms with Gasteiger partial charge in [0, 0.05) is 36.0 Å². The summed E-state index contributed by atoms with van der Waals surface area (Å²) < 4.78 is 1.64. The van der Waals surface area contributed by atoms with Gasteiger partial charge in [-0.25, -0.2) is 4.68 Å². The molecule has 1 heterocycles. The molecule has 30 heavy (non-hydrogen) atoms. The highest BCUT2D eigenvalue weighted by molar-refractivity contribution is 6.30. The van der Waals surface area contributed by atoms with E-state index in [0.29, 0.717) is 23.3 Å². The summed E-state index contributed by atoms with van der Waals surface area (Å²) in [5.41, 5.74) is 2.39. The van der Waals surface area contributed by atoms with Crippen LogP contribution in [0.3, 0.4) is 0 Å². The summed E-state index contributed by atoms with van der Waals surface area (Å²) in [6.45, 7) is 4.64. The zero-order chi connectivity index (χ0) is 21.5. The van der Waals surface area contributed by atoms with Crippen LogP contribution in [0.15, 0.2) is 60.7 Å². The summed E-state index contributed by atoms with van der Waals surface area (Å²) in [5, 5.41) is 10.9. The van der Waals surface area contributed by atoms with Crippen molar-refractivity contribution in [1.82, 2.24) is 15.1 Å². The first kappa shape index (κ1) is 21.6. The lowest BCUT2D eigenvalue weighted by Crippen LogP contribution is -2.28. The van der Waals surface area contributed by atoms with Gasteiger partial charge in [-0.05, 0) is 24.1 Å². The minimum Gasteiger partial charge on any atom is -0.356 e. The first-order valence-corrected chi connectivity index (χ1v) is 10.3. The molecule has 2 amide bonds. The largest absolute Gasteiger partial charge is 0.356 e. The van der Waals surface area contributed by atoms with Gasteiger partial charge in [-0.1, -0.05) is 61.8 Å². The molecule has 3 aromatic rings. The van der Waals surface area contributed by atoms with Gasteiger partial charge in [0.15, 0.2) is 0 Å². The zero-order valence-electron chi connectivity index (χ0n) is 17.1. The molecule has 1 aromatic heterocycles. The number of hydrogen-bond acceptors (Lipinski definition) is 3. The summed E-state index contributed by atoms with van der Waals surface area (Å²) in [6.07, 6.45) is 0.223. The van der Waals surface area contributed by atoms with Gasteiger partial charge in [0.05, 0.1) is 11.4 Å². The van der Waals surface area contributed by atoms with Crippen LogP contribution in [0.2, 0.25) is 5.02 Å². The van der Waals surface area contributed by atoms with Crippen molar-refractivity contribution < 1.29 is 9.59 Å². The number of hydrogen-bond donors (Lipinski definition) is 2. The molecular weight excluding hydrogens is 400 g/mol. The fraction of sp³-hybridized carbons (Fsp3) is 0.261. The summed E-state index contributed by atoms with van der Waals surface area (Å²) in [4.78, 5) is 24.4. The van der Waals surface area contributed by atoms with Gasteiger partial charge >= 0.3 is 0 Å². The Morgan fingerprint density at radius 2 is 1.73 bits per heavy atom. The number of benzene rings is 2. The topological polar surface area (TPSA) is 76.0 Å². The Morgan fingerprint density at radius 3 is 2.43 bits per heavy atom. The molecule has 0 atom stereocenters. The summed E-state index contributed by atoms with van der Waals surface area (Å²) in [5.74, 6) is 0.500. The van der Waals surface area contributed by atoms with Crippen LogP contribution in [0.4, 0.5) is 5.82 Å². The van der Waals surface area contributed by atoms with E-state index in [2.05, 4.69) is 15.7 Å². The second-order valence-electron chi connectivity index (χ2n) is 7.42. The van der Waals surface area contributed by atoms with Crippen LogP contribution in [0.1, 0.15) is 26.7 Å². The highest BCUT2D eigenvalue weighted by Gasteiger charge is 2.15. The van der Waals surface area contributed by atoms with Crippen LogP contribution in [-0.4, -0.2) is 28.1 Å². The molecule has 0 bridgehead atoms. The molecule has 0 aliphatic rings. The quantitative estimate of drug-likeness (QED) is 0.551. The summed E-state index contributed by atoms with van der Waals surface area (Å²) >= 11 is 6.14. The van der Waals surface area contributed by atoms with Crippen molar-refractivity contribution in [2.24, 2.45) is 5.92 Å². The number of nitrogens with zero attached hydrogens (tertiary/aromatic N) is 2. The van der Waals surface area contributed by atoms with Crippen LogP contribution in [0.25, 0.3) is 16.9 Å². The number of carbonyl (C=O) groups is 2. The van der Waals surface area contributed by atoms with E-state index in [4.69, 9.17) is 11.6 Å². The monoisotopic (exact) mass is 424 g/mol. The third-order valence-electron chi connectivity index (χ3n) is 4.39. The Balaban J connectivity index is 1.78. The molecule has 2 aromatic carbocycles. The van der Waals surface area contributed by atoms with E-state index in [-0.39, 0.29) is 24.7 Å². The molecule has 0 saturated carbocycles. The molecular formula is C23H25ClN4O2. The number of rotatable bonds is 8. The SMILES string of the molecule is CC(C)CNC(=O)CCC(=O)Nc1cc(-c2ccccc2)nn1-c1cccc(Cl)c1. The van der Waals surface area contributed by atoms with Crippen molar-refractivity contribution in [2.45, 2.75) is 26.7 Å². The van der Waals surface area contributed by atoms with Gasteiger partial charge in [0.1, 0.15) is 5.82 Å². The van der Waals surface area contributed by atoms with Crippen LogP contribution in [-0.2, 0) is 9.59 Å². The molecule has 0 aliphatic heterocycles. The van der Waals surface area contributed by atoms with Gasteiger partial charge in [-0.15, -0.1) is 0 Å². The van der Waals surface area contributed by atoms with E-state index in [0.717, 1.165) is 16.9 Å². The Labute approximate surface area is 181 Å². The van der Waals surface area contributed by atoms with Crippen LogP contribution < -0.4 is 10.6 Å². The highest BCUT2D eigenvalue weighted by atomic mass is 35.5. The fourth-order valence-corrected chi connectivity index (χ4v) is 3.05. The lowest BCUT2D eigenvalue weighted by molar-refractivity contribution is -0.124. The smallest absolute Gasteiger partial charge is 0.226 e. The maximum absolute atomic E-state index is 12.5. The van der Waals surface area contributed by atoms with Crippen molar-refractivity contribution in [2.75, 3.05) is 11.9 Å². The van der Waals surface area contributed by atoms with Gasteiger partial charge in [-0.2, -0.15) is 5.10 Å². The molecule has 6 nitrogen and oxygen atoms in total. The molecule has 0 spiro atoms. The van der Waals surface area contributed by atoms with Crippen molar-refractivity contribution >= 4 is 29.2 Å². The number of anilines is 1. The highest BCUT2D eigenvalue weighted by Crippen LogP contribution is 2.26. The van der Waals surface area contributed by atoms with E-state index in [1.165, 1.54) is 0 Å². The number of nitrogens with one attached hydrogen (secondary N) is 2. The predicted molar refractivity (Wildman–Crippen MR) is 120 cm³/mol. The van der Waals surface area contributed by atoms with Crippen molar-refractivity contribution in [1.29, 1.82) is 0 Å². The Morgan fingerprint density at radius 1 is 1.00 bits per heavy atom. The van der Waals surface area contributed by atoms with Crippen LogP contribution >= 0.6 is 11.6 Å². The lowest BCUT2D eigenvalue weighted by Gasteiger charge is -2.10. The maximum Gasteiger partial charge on any atom is 0.226 e. The van der Waals surface area contributed by atoms with E-state index in [9.17, 15) is 9.59 Å². The molecule has 0 radical (unpaired) electrons. The zero-order valence-corrected chi connectivity index (χ0v) is 17.8.